The van der Waals surface area contributed by atoms with Gasteiger partial charge in [-0.2, -0.15) is 0 Å². The van der Waals surface area contributed by atoms with E-state index >= 15 is 0 Å². The lowest BCUT2D eigenvalue weighted by Gasteiger charge is -2.36. The van der Waals surface area contributed by atoms with Crippen molar-refractivity contribution in [3.05, 3.63) is 63.0 Å². The molecule has 2 aromatic rings. The number of hydrogen-bond acceptors (Lipinski definition) is 2. The van der Waals surface area contributed by atoms with Crippen LogP contribution in [0, 0.1) is 16.3 Å². The van der Waals surface area contributed by atoms with Crippen LogP contribution in [0.2, 0.25) is 0 Å². The number of carbonyl (C=O) groups is 1. The minimum Gasteiger partial charge on any atom is -0.366 e. The summed E-state index contributed by atoms with van der Waals surface area (Å²) in [7, 11) is 0. The molecule has 5 heteroatoms. The molecular weight excluding hydrogens is 406 g/mol. The van der Waals surface area contributed by atoms with Gasteiger partial charge in [-0.05, 0) is 53.3 Å². The average Bonchev–Trinajstić information content (AvgIpc) is 2.57. The van der Waals surface area contributed by atoms with Crippen LogP contribution < -0.4 is 4.90 Å². The lowest BCUT2D eigenvalue weighted by Crippen LogP contribution is -2.49. The molecule has 23 heavy (non-hydrogen) atoms. The Morgan fingerprint density at radius 3 is 2.43 bits per heavy atom. The molecule has 1 saturated heterocycles. The summed E-state index contributed by atoms with van der Waals surface area (Å²) in [6.45, 7) is 4.52. The smallest absolute Gasteiger partial charge is 0.255 e. The third kappa shape index (κ3) is 3.34. The monoisotopic (exact) mass is 424 g/mol. The molecule has 120 valence electrons. The zero-order valence-electron chi connectivity index (χ0n) is 12.9. The largest absolute Gasteiger partial charge is 0.366 e. The maximum absolute atomic E-state index is 13.9. The molecule has 0 aliphatic carbocycles. The number of amides is 1. The first-order valence-corrected chi connectivity index (χ1v) is 8.69. The fourth-order valence-electron chi connectivity index (χ4n) is 2.84. The fraction of sp³-hybridized carbons (Fsp3) is 0.278. The fourth-order valence-corrected chi connectivity index (χ4v) is 3.43. The molecule has 0 unspecified atom stereocenters. The topological polar surface area (TPSA) is 23.6 Å². The van der Waals surface area contributed by atoms with Gasteiger partial charge in [-0.25, -0.2) is 4.39 Å². The van der Waals surface area contributed by atoms with Gasteiger partial charge < -0.3 is 9.80 Å². The van der Waals surface area contributed by atoms with E-state index in [2.05, 4.69) is 22.6 Å². The van der Waals surface area contributed by atoms with Crippen LogP contribution in [0.25, 0.3) is 0 Å². The molecule has 1 amide bonds. The van der Waals surface area contributed by atoms with E-state index in [1.54, 1.807) is 12.1 Å². The summed E-state index contributed by atoms with van der Waals surface area (Å²) < 4.78 is 14.9. The number of carbonyl (C=O) groups excluding carboxylic acids is 1. The lowest BCUT2D eigenvalue weighted by molar-refractivity contribution is 0.0745. The molecule has 3 nitrogen and oxygen atoms in total. The summed E-state index contributed by atoms with van der Waals surface area (Å²) in [5.41, 5.74) is 2.48. The van der Waals surface area contributed by atoms with E-state index in [-0.39, 0.29) is 11.7 Å². The van der Waals surface area contributed by atoms with Crippen molar-refractivity contribution in [1.82, 2.24) is 4.90 Å². The Labute approximate surface area is 149 Å². The molecule has 0 aromatic heterocycles. The van der Waals surface area contributed by atoms with Gasteiger partial charge in [-0.15, -0.1) is 0 Å². The van der Waals surface area contributed by atoms with Gasteiger partial charge in [0.15, 0.2) is 0 Å². The quantitative estimate of drug-likeness (QED) is 0.687. The molecule has 0 saturated carbocycles. The Morgan fingerprint density at radius 1 is 1.04 bits per heavy atom. The highest BCUT2D eigenvalue weighted by molar-refractivity contribution is 14.1. The number of benzene rings is 2. The van der Waals surface area contributed by atoms with Gasteiger partial charge in [0.1, 0.15) is 5.82 Å². The zero-order valence-corrected chi connectivity index (χ0v) is 15.1. The zero-order chi connectivity index (χ0) is 16.4. The highest BCUT2D eigenvalue weighted by Gasteiger charge is 2.24. The maximum atomic E-state index is 13.9. The first-order valence-electron chi connectivity index (χ1n) is 7.62. The molecule has 3 rings (SSSR count). The average molecular weight is 424 g/mol. The standard InChI is InChI=1S/C18H18FIN2O/c1-13-5-4-6-14(17(13)20)18(23)22-11-9-21(10-12-22)16-8-3-2-7-15(16)19/h2-8H,9-12H2,1H3. The number of rotatable bonds is 2. The number of nitrogens with zero attached hydrogens (tertiary/aromatic N) is 2. The maximum Gasteiger partial charge on any atom is 0.255 e. The van der Waals surface area contributed by atoms with Crippen LogP contribution in [0.1, 0.15) is 15.9 Å². The first-order chi connectivity index (χ1) is 11.1. The molecule has 1 aliphatic rings. The summed E-state index contributed by atoms with van der Waals surface area (Å²) in [6.07, 6.45) is 0. The molecule has 0 N–H and O–H groups in total. The minimum absolute atomic E-state index is 0.0614. The number of piperazine rings is 1. The van der Waals surface area contributed by atoms with Gasteiger partial charge in [0.25, 0.3) is 5.91 Å². The Morgan fingerprint density at radius 2 is 1.74 bits per heavy atom. The Kier molecular flexibility index (Phi) is 4.84. The third-order valence-corrected chi connectivity index (χ3v) is 5.61. The number of halogens is 2. The van der Waals surface area contributed by atoms with Crippen molar-refractivity contribution >= 4 is 34.2 Å². The van der Waals surface area contributed by atoms with E-state index in [1.807, 2.05) is 41.0 Å². The molecule has 1 fully saturated rings. The van der Waals surface area contributed by atoms with Gasteiger partial charge in [0.2, 0.25) is 0 Å². The second-order valence-corrected chi connectivity index (χ2v) is 6.75. The summed E-state index contributed by atoms with van der Waals surface area (Å²) in [6, 6.07) is 12.6. The molecule has 1 heterocycles. The van der Waals surface area contributed by atoms with E-state index in [0.29, 0.717) is 31.9 Å². The Bertz CT molecular complexity index is 727. The minimum atomic E-state index is -0.208. The number of hydrogen-bond donors (Lipinski definition) is 0. The van der Waals surface area contributed by atoms with Crippen molar-refractivity contribution < 1.29 is 9.18 Å². The SMILES string of the molecule is Cc1cccc(C(=O)N2CCN(c3ccccc3F)CC2)c1I. The van der Waals surface area contributed by atoms with Gasteiger partial charge >= 0.3 is 0 Å². The van der Waals surface area contributed by atoms with E-state index in [4.69, 9.17) is 0 Å². The molecule has 0 bridgehead atoms. The van der Waals surface area contributed by atoms with Crippen molar-refractivity contribution in [3.8, 4) is 0 Å². The Hall–Kier alpha value is -1.63. The number of para-hydroxylation sites is 1. The van der Waals surface area contributed by atoms with Crippen LogP contribution in [0.15, 0.2) is 42.5 Å². The summed E-state index contributed by atoms with van der Waals surface area (Å²) in [5.74, 6) is -0.146. The molecule has 0 radical (unpaired) electrons. The van der Waals surface area contributed by atoms with Crippen molar-refractivity contribution in [1.29, 1.82) is 0 Å². The highest BCUT2D eigenvalue weighted by Crippen LogP contribution is 2.22. The molecular formula is C18H18FIN2O. The van der Waals surface area contributed by atoms with Crippen LogP contribution in [0.5, 0.6) is 0 Å². The van der Waals surface area contributed by atoms with Crippen LogP contribution in [0.3, 0.4) is 0 Å². The van der Waals surface area contributed by atoms with E-state index in [0.717, 1.165) is 14.7 Å². The van der Waals surface area contributed by atoms with Crippen LogP contribution in [-0.4, -0.2) is 37.0 Å². The molecule has 0 spiro atoms. The predicted molar refractivity (Wildman–Crippen MR) is 98.4 cm³/mol. The third-order valence-electron chi connectivity index (χ3n) is 4.18. The van der Waals surface area contributed by atoms with Crippen molar-refractivity contribution in [3.63, 3.8) is 0 Å². The summed E-state index contributed by atoms with van der Waals surface area (Å²) >= 11 is 2.23. The van der Waals surface area contributed by atoms with Crippen LogP contribution in [0.4, 0.5) is 10.1 Å². The Balaban J connectivity index is 1.71. The van der Waals surface area contributed by atoms with Gasteiger partial charge in [0.05, 0.1) is 11.3 Å². The van der Waals surface area contributed by atoms with E-state index in [9.17, 15) is 9.18 Å². The predicted octanol–water partition coefficient (Wildman–Crippen LogP) is 3.70. The molecule has 2 aromatic carbocycles. The lowest BCUT2D eigenvalue weighted by atomic mass is 10.1. The van der Waals surface area contributed by atoms with Crippen LogP contribution in [-0.2, 0) is 0 Å². The number of aryl methyl sites for hydroxylation is 1. The second-order valence-electron chi connectivity index (χ2n) is 5.67. The van der Waals surface area contributed by atoms with E-state index < -0.39 is 0 Å². The van der Waals surface area contributed by atoms with Crippen LogP contribution >= 0.6 is 22.6 Å². The van der Waals surface area contributed by atoms with Crippen molar-refractivity contribution in [2.24, 2.45) is 0 Å². The molecule has 1 aliphatic heterocycles. The van der Waals surface area contributed by atoms with Crippen molar-refractivity contribution in [2.75, 3.05) is 31.1 Å². The van der Waals surface area contributed by atoms with Gasteiger partial charge in [-0.3, -0.25) is 4.79 Å². The van der Waals surface area contributed by atoms with Gasteiger partial charge in [0, 0.05) is 29.7 Å². The molecule has 0 atom stereocenters. The van der Waals surface area contributed by atoms with Gasteiger partial charge in [-0.1, -0.05) is 24.3 Å². The summed E-state index contributed by atoms with van der Waals surface area (Å²) in [4.78, 5) is 16.6. The highest BCUT2D eigenvalue weighted by atomic mass is 127. The second kappa shape index (κ2) is 6.86. The first kappa shape index (κ1) is 16.2. The summed E-state index contributed by atoms with van der Waals surface area (Å²) in [5, 5.41) is 0. The van der Waals surface area contributed by atoms with E-state index in [1.165, 1.54) is 6.07 Å². The van der Waals surface area contributed by atoms with Crippen molar-refractivity contribution in [2.45, 2.75) is 6.92 Å². The number of anilines is 1. The normalized spacial score (nSPS) is 14.9.